The van der Waals surface area contributed by atoms with Crippen LogP contribution in [-0.2, 0) is 4.79 Å². The van der Waals surface area contributed by atoms with Crippen LogP contribution in [0.3, 0.4) is 0 Å². The van der Waals surface area contributed by atoms with Gasteiger partial charge in [0.25, 0.3) is 5.91 Å². The molecule has 1 aliphatic rings. The zero-order chi connectivity index (χ0) is 17.8. The quantitative estimate of drug-likeness (QED) is 0.874. The Labute approximate surface area is 145 Å². The largest absolute Gasteiger partial charge is 0.492 e. The third-order valence-electron chi connectivity index (χ3n) is 4.16. The maximum Gasteiger partial charge on any atom is 0.310 e. The first-order valence-corrected chi connectivity index (χ1v) is 8.03. The third kappa shape index (κ3) is 3.74. The van der Waals surface area contributed by atoms with E-state index in [0.717, 1.165) is 5.56 Å². The van der Waals surface area contributed by atoms with Crippen LogP contribution in [0.1, 0.15) is 28.8 Å². The fourth-order valence-corrected chi connectivity index (χ4v) is 2.58. The molecule has 0 aliphatic carbocycles. The van der Waals surface area contributed by atoms with Gasteiger partial charge in [0.15, 0.2) is 6.73 Å². The van der Waals surface area contributed by atoms with Gasteiger partial charge in [-0.3, -0.25) is 9.59 Å². The van der Waals surface area contributed by atoms with Gasteiger partial charge >= 0.3 is 5.97 Å². The summed E-state index contributed by atoms with van der Waals surface area (Å²) >= 11 is 0. The minimum atomic E-state index is -0.863. The van der Waals surface area contributed by atoms with E-state index in [1.807, 2.05) is 6.07 Å². The zero-order valence-corrected chi connectivity index (χ0v) is 13.8. The molecule has 0 fully saturated rings. The normalized spacial score (nSPS) is 14.4. The topological polar surface area (TPSA) is 76.1 Å². The maximum absolute atomic E-state index is 12.4. The molecule has 0 saturated heterocycles. The fourth-order valence-electron chi connectivity index (χ4n) is 2.58. The van der Waals surface area contributed by atoms with Crippen LogP contribution in [0.4, 0.5) is 0 Å². The van der Waals surface area contributed by atoms with Crippen LogP contribution in [0, 0.1) is 0 Å². The maximum atomic E-state index is 12.4. The molecule has 2 aromatic carbocycles. The monoisotopic (exact) mass is 341 g/mol. The lowest BCUT2D eigenvalue weighted by molar-refractivity contribution is -0.138. The van der Waals surface area contributed by atoms with E-state index in [4.69, 9.17) is 14.6 Å². The van der Waals surface area contributed by atoms with Crippen molar-refractivity contribution in [2.24, 2.45) is 0 Å². The van der Waals surface area contributed by atoms with Gasteiger partial charge in [-0.05, 0) is 36.8 Å². The van der Waals surface area contributed by atoms with Crippen molar-refractivity contribution in [1.29, 1.82) is 0 Å². The van der Waals surface area contributed by atoms with Crippen LogP contribution in [-0.4, -0.2) is 41.8 Å². The summed E-state index contributed by atoms with van der Waals surface area (Å²) in [5.41, 5.74) is 1.27. The highest BCUT2D eigenvalue weighted by atomic mass is 16.5. The molecule has 1 aliphatic heterocycles. The minimum absolute atomic E-state index is 0.0731. The van der Waals surface area contributed by atoms with Crippen LogP contribution < -0.4 is 9.47 Å². The molecule has 0 spiro atoms. The second-order valence-corrected chi connectivity index (χ2v) is 5.82. The molecular weight excluding hydrogens is 322 g/mol. The Morgan fingerprint density at radius 1 is 1.24 bits per heavy atom. The van der Waals surface area contributed by atoms with Crippen molar-refractivity contribution in [3.63, 3.8) is 0 Å². The number of hydrogen-bond donors (Lipinski definition) is 1. The summed E-state index contributed by atoms with van der Waals surface area (Å²) in [6.45, 7) is 2.57. The predicted octanol–water partition coefficient (Wildman–Crippen LogP) is 2.75. The first kappa shape index (κ1) is 16.8. The lowest BCUT2D eigenvalue weighted by Gasteiger charge is -2.28. The van der Waals surface area contributed by atoms with Gasteiger partial charge < -0.3 is 19.5 Å². The van der Waals surface area contributed by atoms with Crippen molar-refractivity contribution in [2.45, 2.75) is 12.8 Å². The Kier molecular flexibility index (Phi) is 4.88. The molecule has 1 unspecified atom stereocenters. The van der Waals surface area contributed by atoms with Crippen molar-refractivity contribution in [2.75, 3.05) is 19.9 Å². The van der Waals surface area contributed by atoms with E-state index < -0.39 is 11.9 Å². The second kappa shape index (κ2) is 7.25. The van der Waals surface area contributed by atoms with Gasteiger partial charge in [-0.2, -0.15) is 0 Å². The number of aliphatic carboxylic acids is 1. The number of hydrogen-bond acceptors (Lipinski definition) is 4. The molecular formula is C19H19NO5. The molecule has 6 heteroatoms. The Morgan fingerprint density at radius 2 is 1.96 bits per heavy atom. The van der Waals surface area contributed by atoms with Gasteiger partial charge in [0, 0.05) is 0 Å². The van der Waals surface area contributed by atoms with Gasteiger partial charge in [-0.25, -0.2) is 0 Å². The molecule has 25 heavy (non-hydrogen) atoms. The van der Waals surface area contributed by atoms with Crippen molar-refractivity contribution in [3.8, 4) is 11.5 Å². The highest BCUT2D eigenvalue weighted by Gasteiger charge is 2.24. The molecule has 1 heterocycles. The van der Waals surface area contributed by atoms with Crippen LogP contribution in [0.15, 0.2) is 48.5 Å². The van der Waals surface area contributed by atoms with Gasteiger partial charge in [-0.1, -0.05) is 24.3 Å². The average molecular weight is 341 g/mol. The van der Waals surface area contributed by atoms with Gasteiger partial charge in [0.05, 0.1) is 18.0 Å². The van der Waals surface area contributed by atoms with Crippen molar-refractivity contribution in [3.05, 3.63) is 59.7 Å². The third-order valence-corrected chi connectivity index (χ3v) is 4.16. The summed E-state index contributed by atoms with van der Waals surface area (Å²) in [4.78, 5) is 24.9. The Morgan fingerprint density at radius 3 is 2.68 bits per heavy atom. The molecule has 3 rings (SSSR count). The molecule has 1 atom stereocenters. The average Bonchev–Trinajstić information content (AvgIpc) is 2.64. The fraction of sp³-hybridized carbons (Fsp3) is 0.263. The number of carboxylic acid groups (broad SMARTS) is 1. The standard InChI is InChI=1S/C19H19NO5/c1-13(19(22)23)14-6-8-15(9-7-14)24-11-10-20-12-25-17-5-3-2-4-16(17)18(20)21/h2-9,13H,10-12H2,1H3,(H,22,23). The lowest BCUT2D eigenvalue weighted by Crippen LogP contribution is -2.40. The number of rotatable bonds is 6. The first-order chi connectivity index (χ1) is 12.1. The number of ether oxygens (including phenoxy) is 2. The van der Waals surface area contributed by atoms with E-state index in [2.05, 4.69) is 0 Å². The lowest BCUT2D eigenvalue weighted by atomic mass is 10.0. The molecule has 6 nitrogen and oxygen atoms in total. The summed E-state index contributed by atoms with van der Waals surface area (Å²) in [6.07, 6.45) is 0. The van der Waals surface area contributed by atoms with E-state index in [9.17, 15) is 9.59 Å². The molecule has 130 valence electrons. The highest BCUT2D eigenvalue weighted by Crippen LogP contribution is 2.24. The van der Waals surface area contributed by atoms with Crippen LogP contribution in [0.5, 0.6) is 11.5 Å². The SMILES string of the molecule is CC(C(=O)O)c1ccc(OCCN2COc3ccccc3C2=O)cc1. The van der Waals surface area contributed by atoms with E-state index >= 15 is 0 Å². The molecule has 0 radical (unpaired) electrons. The van der Waals surface area contributed by atoms with E-state index in [1.54, 1.807) is 54.3 Å². The van der Waals surface area contributed by atoms with Gasteiger partial charge in [0.2, 0.25) is 0 Å². The first-order valence-electron chi connectivity index (χ1n) is 8.03. The number of amides is 1. The van der Waals surface area contributed by atoms with Gasteiger partial charge in [0.1, 0.15) is 18.1 Å². The molecule has 0 bridgehead atoms. The number of nitrogens with zero attached hydrogens (tertiary/aromatic N) is 1. The Hall–Kier alpha value is -3.02. The highest BCUT2D eigenvalue weighted by molar-refractivity contribution is 5.97. The van der Waals surface area contributed by atoms with Crippen LogP contribution in [0.2, 0.25) is 0 Å². The van der Waals surface area contributed by atoms with E-state index in [0.29, 0.717) is 30.2 Å². The summed E-state index contributed by atoms with van der Waals surface area (Å²) in [7, 11) is 0. The number of carbonyl (C=O) groups is 2. The van der Waals surface area contributed by atoms with Crippen LogP contribution in [0.25, 0.3) is 0 Å². The number of benzene rings is 2. The minimum Gasteiger partial charge on any atom is -0.492 e. The Balaban J connectivity index is 1.53. The zero-order valence-electron chi connectivity index (χ0n) is 13.8. The molecule has 1 N–H and O–H groups in total. The second-order valence-electron chi connectivity index (χ2n) is 5.82. The molecule has 1 amide bonds. The summed E-state index contributed by atoms with van der Waals surface area (Å²) in [6, 6.07) is 14.1. The van der Waals surface area contributed by atoms with Crippen molar-refractivity contribution < 1.29 is 24.2 Å². The van der Waals surface area contributed by atoms with E-state index in [1.165, 1.54) is 0 Å². The van der Waals surface area contributed by atoms with Crippen molar-refractivity contribution >= 4 is 11.9 Å². The smallest absolute Gasteiger partial charge is 0.310 e. The molecule has 0 saturated carbocycles. The predicted molar refractivity (Wildman–Crippen MR) is 91.0 cm³/mol. The van der Waals surface area contributed by atoms with Gasteiger partial charge in [-0.15, -0.1) is 0 Å². The Bertz CT molecular complexity index is 772. The summed E-state index contributed by atoms with van der Waals surface area (Å²) in [5.74, 6) is -0.259. The molecule has 2 aromatic rings. The summed E-state index contributed by atoms with van der Waals surface area (Å²) < 4.78 is 11.2. The molecule has 0 aromatic heterocycles. The van der Waals surface area contributed by atoms with E-state index in [-0.39, 0.29) is 12.6 Å². The number of para-hydroxylation sites is 1. The summed E-state index contributed by atoms with van der Waals surface area (Å²) in [5, 5.41) is 9.00. The number of carbonyl (C=O) groups excluding carboxylic acids is 1. The number of carboxylic acids is 1. The van der Waals surface area contributed by atoms with Crippen LogP contribution >= 0.6 is 0 Å². The van der Waals surface area contributed by atoms with Crippen molar-refractivity contribution in [1.82, 2.24) is 4.90 Å². The number of fused-ring (bicyclic) bond motifs is 1.